The number of rotatable bonds is 1. The van der Waals surface area contributed by atoms with Crippen molar-refractivity contribution in [3.8, 4) is 0 Å². The number of fused-ring (bicyclic) bond motifs is 1. The Morgan fingerprint density at radius 2 is 2.07 bits per heavy atom. The maximum absolute atomic E-state index is 5.69. The Kier molecular flexibility index (Phi) is 1.77. The van der Waals surface area contributed by atoms with Crippen LogP contribution in [0.25, 0.3) is 11.2 Å². The van der Waals surface area contributed by atoms with E-state index in [9.17, 15) is 0 Å². The standard InChI is InChI=1S/C8H12N6/c1-5-12-6-7(9)10-4-11-8(6)14(5)13(2)3/h4H,1-3H3,(H2,9,10,11). The average molecular weight is 192 g/mol. The van der Waals surface area contributed by atoms with Crippen LogP contribution in [0.2, 0.25) is 0 Å². The minimum absolute atomic E-state index is 0.415. The van der Waals surface area contributed by atoms with Crippen molar-refractivity contribution in [1.82, 2.24) is 19.6 Å². The topological polar surface area (TPSA) is 72.9 Å². The zero-order valence-corrected chi connectivity index (χ0v) is 8.39. The Hall–Kier alpha value is -1.85. The summed E-state index contributed by atoms with van der Waals surface area (Å²) >= 11 is 0. The second-order valence-corrected chi connectivity index (χ2v) is 3.25. The number of anilines is 1. The zero-order chi connectivity index (χ0) is 10.3. The molecule has 0 aliphatic carbocycles. The Morgan fingerprint density at radius 3 is 2.71 bits per heavy atom. The van der Waals surface area contributed by atoms with E-state index in [4.69, 9.17) is 5.73 Å². The highest BCUT2D eigenvalue weighted by Gasteiger charge is 2.12. The molecule has 0 radical (unpaired) electrons. The molecule has 2 aromatic rings. The van der Waals surface area contributed by atoms with Gasteiger partial charge >= 0.3 is 0 Å². The van der Waals surface area contributed by atoms with Gasteiger partial charge in [0.1, 0.15) is 12.2 Å². The molecule has 0 saturated heterocycles. The van der Waals surface area contributed by atoms with Crippen LogP contribution < -0.4 is 10.7 Å². The van der Waals surface area contributed by atoms with Crippen LogP contribution in [0.4, 0.5) is 5.82 Å². The highest BCUT2D eigenvalue weighted by atomic mass is 15.5. The zero-order valence-electron chi connectivity index (χ0n) is 8.39. The Balaban J connectivity index is 2.83. The summed E-state index contributed by atoms with van der Waals surface area (Å²) in [7, 11) is 3.85. The van der Waals surface area contributed by atoms with Gasteiger partial charge in [0.05, 0.1) is 0 Å². The highest BCUT2D eigenvalue weighted by molar-refractivity contribution is 5.81. The first-order chi connectivity index (χ1) is 6.61. The van der Waals surface area contributed by atoms with Crippen molar-refractivity contribution in [2.45, 2.75) is 6.92 Å². The normalized spacial score (nSPS) is 10.8. The monoisotopic (exact) mass is 192 g/mol. The Morgan fingerprint density at radius 1 is 1.36 bits per heavy atom. The summed E-state index contributed by atoms with van der Waals surface area (Å²) in [5.41, 5.74) is 7.08. The predicted molar refractivity (Wildman–Crippen MR) is 54.5 cm³/mol. The first-order valence-electron chi connectivity index (χ1n) is 4.24. The van der Waals surface area contributed by atoms with Crippen molar-refractivity contribution in [3.63, 3.8) is 0 Å². The number of nitrogens with two attached hydrogens (primary N) is 1. The van der Waals surface area contributed by atoms with E-state index < -0.39 is 0 Å². The van der Waals surface area contributed by atoms with Crippen LogP contribution in [0.5, 0.6) is 0 Å². The number of hydrogen-bond donors (Lipinski definition) is 1. The number of aryl methyl sites for hydroxylation is 1. The molecular weight excluding hydrogens is 180 g/mol. The maximum atomic E-state index is 5.69. The molecule has 0 fully saturated rings. The van der Waals surface area contributed by atoms with E-state index in [0.717, 1.165) is 11.5 Å². The maximum Gasteiger partial charge on any atom is 0.184 e. The van der Waals surface area contributed by atoms with Crippen molar-refractivity contribution in [1.29, 1.82) is 0 Å². The molecule has 6 nitrogen and oxygen atoms in total. The van der Waals surface area contributed by atoms with Gasteiger partial charge in [-0.1, -0.05) is 0 Å². The third kappa shape index (κ3) is 1.07. The third-order valence-corrected chi connectivity index (χ3v) is 2.01. The molecule has 2 N–H and O–H groups in total. The lowest BCUT2D eigenvalue weighted by atomic mass is 10.5. The van der Waals surface area contributed by atoms with Crippen molar-refractivity contribution in [2.75, 3.05) is 24.8 Å². The van der Waals surface area contributed by atoms with Crippen molar-refractivity contribution in [3.05, 3.63) is 12.2 Å². The molecule has 0 saturated carbocycles. The van der Waals surface area contributed by atoms with Gasteiger partial charge in [0, 0.05) is 14.1 Å². The number of hydrogen-bond acceptors (Lipinski definition) is 5. The van der Waals surface area contributed by atoms with E-state index >= 15 is 0 Å². The molecule has 0 unspecified atom stereocenters. The summed E-state index contributed by atoms with van der Waals surface area (Å²) in [4.78, 5) is 12.4. The predicted octanol–water partition coefficient (Wildman–Crippen LogP) is -0.0855. The fourth-order valence-electron chi connectivity index (χ4n) is 1.49. The Labute approximate surface area is 81.4 Å². The van der Waals surface area contributed by atoms with E-state index in [2.05, 4.69) is 15.0 Å². The molecular formula is C8H12N6. The molecule has 0 atom stereocenters. The van der Waals surface area contributed by atoms with Gasteiger partial charge in [-0.2, -0.15) is 0 Å². The van der Waals surface area contributed by atoms with E-state index in [1.165, 1.54) is 6.33 Å². The lowest BCUT2D eigenvalue weighted by Gasteiger charge is -2.15. The molecule has 74 valence electrons. The molecule has 2 heterocycles. The molecule has 0 aliphatic rings. The minimum Gasteiger partial charge on any atom is -0.382 e. The summed E-state index contributed by atoms with van der Waals surface area (Å²) in [6, 6.07) is 0. The summed E-state index contributed by atoms with van der Waals surface area (Å²) in [6.45, 7) is 1.90. The van der Waals surface area contributed by atoms with Gasteiger partial charge in [0.2, 0.25) is 0 Å². The van der Waals surface area contributed by atoms with Crippen molar-refractivity contribution in [2.24, 2.45) is 0 Å². The SMILES string of the molecule is Cc1nc2c(N)ncnc2n1N(C)C. The Bertz CT molecular complexity index is 472. The quantitative estimate of drug-likeness (QED) is 0.683. The van der Waals surface area contributed by atoms with Gasteiger partial charge in [0.25, 0.3) is 0 Å². The summed E-state index contributed by atoms with van der Waals surface area (Å²) in [5, 5.41) is 1.90. The van der Waals surface area contributed by atoms with Crippen LogP contribution in [-0.4, -0.2) is 33.7 Å². The molecule has 14 heavy (non-hydrogen) atoms. The van der Waals surface area contributed by atoms with E-state index in [0.29, 0.717) is 11.3 Å². The van der Waals surface area contributed by atoms with Crippen LogP contribution >= 0.6 is 0 Å². The fourth-order valence-corrected chi connectivity index (χ4v) is 1.49. The van der Waals surface area contributed by atoms with Crippen LogP contribution in [0.1, 0.15) is 5.82 Å². The first kappa shape index (κ1) is 8.74. The molecule has 0 aromatic carbocycles. The van der Waals surface area contributed by atoms with Crippen LogP contribution in [0.15, 0.2) is 6.33 Å². The van der Waals surface area contributed by atoms with Crippen molar-refractivity contribution >= 4 is 17.0 Å². The largest absolute Gasteiger partial charge is 0.382 e. The van der Waals surface area contributed by atoms with Crippen LogP contribution in [0.3, 0.4) is 0 Å². The molecule has 0 amide bonds. The van der Waals surface area contributed by atoms with Gasteiger partial charge in [-0.15, -0.1) is 0 Å². The fraction of sp³-hybridized carbons (Fsp3) is 0.375. The second kappa shape index (κ2) is 2.83. The molecule has 0 spiro atoms. The molecule has 2 aromatic heterocycles. The highest BCUT2D eigenvalue weighted by Crippen LogP contribution is 2.16. The molecule has 0 bridgehead atoms. The molecule has 2 rings (SSSR count). The van der Waals surface area contributed by atoms with E-state index in [1.807, 2.05) is 30.7 Å². The summed E-state index contributed by atoms with van der Waals surface area (Å²) < 4.78 is 1.88. The van der Waals surface area contributed by atoms with Gasteiger partial charge in [0.15, 0.2) is 17.0 Å². The molecule has 0 aliphatic heterocycles. The summed E-state index contributed by atoms with van der Waals surface area (Å²) in [5.74, 6) is 1.26. The van der Waals surface area contributed by atoms with Crippen LogP contribution in [0, 0.1) is 6.92 Å². The van der Waals surface area contributed by atoms with E-state index in [1.54, 1.807) is 0 Å². The average Bonchev–Trinajstić information content (AvgIpc) is 2.42. The van der Waals surface area contributed by atoms with Crippen molar-refractivity contribution < 1.29 is 0 Å². The van der Waals surface area contributed by atoms with Gasteiger partial charge < -0.3 is 10.7 Å². The summed E-state index contributed by atoms with van der Waals surface area (Å²) in [6.07, 6.45) is 1.44. The van der Waals surface area contributed by atoms with E-state index in [-0.39, 0.29) is 0 Å². The van der Waals surface area contributed by atoms with Crippen LogP contribution in [-0.2, 0) is 0 Å². The number of aromatic nitrogens is 4. The lowest BCUT2D eigenvalue weighted by Crippen LogP contribution is -2.26. The lowest BCUT2D eigenvalue weighted by molar-refractivity contribution is 0.717. The molecule has 6 heteroatoms. The second-order valence-electron chi connectivity index (χ2n) is 3.25. The van der Waals surface area contributed by atoms with Gasteiger partial charge in [-0.3, -0.25) is 0 Å². The first-order valence-corrected chi connectivity index (χ1v) is 4.24. The number of imidazole rings is 1. The number of nitrogens with zero attached hydrogens (tertiary/aromatic N) is 5. The minimum atomic E-state index is 0.415. The smallest absolute Gasteiger partial charge is 0.184 e. The van der Waals surface area contributed by atoms with Gasteiger partial charge in [-0.25, -0.2) is 19.6 Å². The number of nitrogen functional groups attached to an aromatic ring is 1. The third-order valence-electron chi connectivity index (χ3n) is 2.01. The van der Waals surface area contributed by atoms with Gasteiger partial charge in [-0.05, 0) is 6.92 Å².